The number of rotatable bonds is 7. The van der Waals surface area contributed by atoms with E-state index in [0.717, 1.165) is 22.8 Å². The SMILES string of the molecule is Cc1ccc(-n2cccc2[C@@H]2[C@@H](c3ccccn3)NC(=S)N2CCC(=O)Nc2ccccc2)cc1C. The second kappa shape index (κ2) is 10.3. The minimum Gasteiger partial charge on any atom is -0.352 e. The molecule has 7 heteroatoms. The van der Waals surface area contributed by atoms with Gasteiger partial charge in [0, 0.05) is 42.4 Å². The molecule has 182 valence electrons. The fourth-order valence-corrected chi connectivity index (χ4v) is 5.01. The van der Waals surface area contributed by atoms with Crippen LogP contribution < -0.4 is 10.6 Å². The summed E-state index contributed by atoms with van der Waals surface area (Å²) in [5.74, 6) is -0.0476. The summed E-state index contributed by atoms with van der Waals surface area (Å²) in [6, 6.07) is 25.8. The van der Waals surface area contributed by atoms with Crippen molar-refractivity contribution in [3.05, 3.63) is 114 Å². The summed E-state index contributed by atoms with van der Waals surface area (Å²) in [5.41, 5.74) is 6.38. The van der Waals surface area contributed by atoms with Crippen molar-refractivity contribution < 1.29 is 4.79 Å². The van der Waals surface area contributed by atoms with E-state index in [-0.39, 0.29) is 18.0 Å². The number of hydrogen-bond donors (Lipinski definition) is 2. The molecule has 2 N–H and O–H groups in total. The third-order valence-electron chi connectivity index (χ3n) is 6.69. The molecular formula is C29H29N5OS. The molecule has 36 heavy (non-hydrogen) atoms. The van der Waals surface area contributed by atoms with Crippen LogP contribution in [0.15, 0.2) is 91.3 Å². The van der Waals surface area contributed by atoms with Crippen molar-refractivity contribution in [1.29, 1.82) is 0 Å². The molecule has 4 aromatic rings. The van der Waals surface area contributed by atoms with Crippen molar-refractivity contribution in [2.75, 3.05) is 11.9 Å². The molecule has 1 aliphatic rings. The number of amides is 1. The van der Waals surface area contributed by atoms with Crippen LogP contribution in [0.1, 0.15) is 41.0 Å². The van der Waals surface area contributed by atoms with E-state index in [1.54, 1.807) is 6.20 Å². The van der Waals surface area contributed by atoms with Gasteiger partial charge in [-0.2, -0.15) is 0 Å². The van der Waals surface area contributed by atoms with Gasteiger partial charge < -0.3 is 20.1 Å². The number of pyridine rings is 1. The van der Waals surface area contributed by atoms with Gasteiger partial charge in [0.25, 0.3) is 0 Å². The van der Waals surface area contributed by atoms with Crippen LogP contribution in [0.2, 0.25) is 0 Å². The minimum absolute atomic E-state index is 0.0476. The number of thiocarbonyl (C=S) groups is 1. The summed E-state index contributed by atoms with van der Waals surface area (Å²) in [6.45, 7) is 4.73. The van der Waals surface area contributed by atoms with Crippen molar-refractivity contribution >= 4 is 28.9 Å². The molecule has 6 nitrogen and oxygen atoms in total. The Morgan fingerprint density at radius 1 is 1.00 bits per heavy atom. The molecule has 0 bridgehead atoms. The number of aromatic nitrogens is 2. The van der Waals surface area contributed by atoms with Crippen LogP contribution >= 0.6 is 12.2 Å². The van der Waals surface area contributed by atoms with Gasteiger partial charge in [0.05, 0.1) is 17.8 Å². The molecule has 2 aromatic carbocycles. The molecule has 0 unspecified atom stereocenters. The van der Waals surface area contributed by atoms with Gasteiger partial charge >= 0.3 is 0 Å². The maximum atomic E-state index is 12.8. The van der Waals surface area contributed by atoms with E-state index in [4.69, 9.17) is 12.2 Å². The van der Waals surface area contributed by atoms with Gasteiger partial charge in [0.2, 0.25) is 5.91 Å². The molecule has 0 radical (unpaired) electrons. The predicted molar refractivity (Wildman–Crippen MR) is 147 cm³/mol. The average Bonchev–Trinajstić information content (AvgIpc) is 3.50. The number of carbonyl (C=O) groups is 1. The molecule has 1 saturated heterocycles. The molecule has 1 aliphatic heterocycles. The van der Waals surface area contributed by atoms with Crippen LogP contribution in [-0.4, -0.2) is 32.0 Å². The van der Waals surface area contributed by atoms with Gasteiger partial charge in [-0.1, -0.05) is 30.3 Å². The first-order valence-electron chi connectivity index (χ1n) is 12.1. The zero-order chi connectivity index (χ0) is 25.1. The van der Waals surface area contributed by atoms with Crippen molar-refractivity contribution in [1.82, 2.24) is 19.8 Å². The zero-order valence-electron chi connectivity index (χ0n) is 20.4. The lowest BCUT2D eigenvalue weighted by Crippen LogP contribution is -2.33. The number of hydrogen-bond acceptors (Lipinski definition) is 3. The van der Waals surface area contributed by atoms with Crippen LogP contribution in [0.3, 0.4) is 0 Å². The summed E-state index contributed by atoms with van der Waals surface area (Å²) >= 11 is 5.79. The van der Waals surface area contributed by atoms with Crippen LogP contribution in [-0.2, 0) is 4.79 Å². The zero-order valence-corrected chi connectivity index (χ0v) is 21.2. The molecule has 3 heterocycles. The molecule has 2 atom stereocenters. The highest BCUT2D eigenvalue weighted by Crippen LogP contribution is 2.39. The van der Waals surface area contributed by atoms with E-state index < -0.39 is 0 Å². The molecule has 0 aliphatic carbocycles. The number of carbonyl (C=O) groups excluding carboxylic acids is 1. The van der Waals surface area contributed by atoms with E-state index >= 15 is 0 Å². The molecule has 1 fully saturated rings. The third-order valence-corrected chi connectivity index (χ3v) is 7.04. The Hall–Kier alpha value is -3.97. The Kier molecular flexibility index (Phi) is 6.82. The van der Waals surface area contributed by atoms with Crippen LogP contribution in [0.4, 0.5) is 5.69 Å². The highest BCUT2D eigenvalue weighted by Gasteiger charge is 2.41. The highest BCUT2D eigenvalue weighted by atomic mass is 32.1. The van der Waals surface area contributed by atoms with Crippen molar-refractivity contribution in [3.63, 3.8) is 0 Å². The lowest BCUT2D eigenvalue weighted by Gasteiger charge is -2.29. The number of nitrogens with zero attached hydrogens (tertiary/aromatic N) is 3. The van der Waals surface area contributed by atoms with Gasteiger partial charge in [-0.05, 0) is 85.7 Å². The van der Waals surface area contributed by atoms with E-state index in [1.165, 1.54) is 11.1 Å². The van der Waals surface area contributed by atoms with Gasteiger partial charge in [0.1, 0.15) is 0 Å². The maximum Gasteiger partial charge on any atom is 0.226 e. The standard InChI is InChI=1S/C29H29N5OS/c1-20-13-14-23(19-21(20)2)33-17-8-12-25(33)28-27(24-11-6-7-16-30-24)32-29(36)34(28)18-15-26(35)31-22-9-4-3-5-10-22/h3-14,16-17,19,27-28H,15,18H2,1-2H3,(H,31,35)(H,32,36)/t27-,28-/m1/s1. The Bertz CT molecular complexity index is 1370. The summed E-state index contributed by atoms with van der Waals surface area (Å²) in [6.07, 6.45) is 4.19. The number of anilines is 1. The topological polar surface area (TPSA) is 62.2 Å². The quantitative estimate of drug-likeness (QED) is 0.332. The summed E-state index contributed by atoms with van der Waals surface area (Å²) in [7, 11) is 0. The van der Waals surface area contributed by atoms with Gasteiger partial charge in [-0.25, -0.2) is 0 Å². The van der Waals surface area contributed by atoms with E-state index in [0.29, 0.717) is 18.1 Å². The predicted octanol–water partition coefficient (Wildman–Crippen LogP) is 5.49. The Labute approximate surface area is 217 Å². The van der Waals surface area contributed by atoms with Gasteiger partial charge in [0.15, 0.2) is 5.11 Å². The second-order valence-corrected chi connectivity index (χ2v) is 9.44. The lowest BCUT2D eigenvalue weighted by molar-refractivity contribution is -0.116. The number of benzene rings is 2. The fraction of sp³-hybridized carbons (Fsp3) is 0.207. The molecule has 1 amide bonds. The van der Waals surface area contributed by atoms with Crippen molar-refractivity contribution in [3.8, 4) is 5.69 Å². The highest BCUT2D eigenvalue weighted by molar-refractivity contribution is 7.80. The van der Waals surface area contributed by atoms with Crippen LogP contribution in [0, 0.1) is 13.8 Å². The Morgan fingerprint density at radius 2 is 1.81 bits per heavy atom. The van der Waals surface area contributed by atoms with Gasteiger partial charge in [-0.15, -0.1) is 0 Å². The van der Waals surface area contributed by atoms with Crippen LogP contribution in [0.25, 0.3) is 5.69 Å². The summed E-state index contributed by atoms with van der Waals surface area (Å²) < 4.78 is 2.21. The summed E-state index contributed by atoms with van der Waals surface area (Å²) in [4.78, 5) is 19.5. The average molecular weight is 496 g/mol. The normalized spacial score (nSPS) is 17.2. The smallest absolute Gasteiger partial charge is 0.226 e. The lowest BCUT2D eigenvalue weighted by atomic mass is 10.0. The van der Waals surface area contributed by atoms with E-state index in [9.17, 15) is 4.79 Å². The molecule has 5 rings (SSSR count). The molecule has 2 aromatic heterocycles. The third kappa shape index (κ3) is 4.88. The first-order chi connectivity index (χ1) is 17.5. The molecule has 0 spiro atoms. The van der Waals surface area contributed by atoms with Gasteiger partial charge in [-0.3, -0.25) is 9.78 Å². The number of para-hydroxylation sites is 1. The largest absolute Gasteiger partial charge is 0.352 e. The van der Waals surface area contributed by atoms with E-state index in [1.807, 2.05) is 48.5 Å². The monoisotopic (exact) mass is 495 g/mol. The molecular weight excluding hydrogens is 466 g/mol. The summed E-state index contributed by atoms with van der Waals surface area (Å²) in [5, 5.41) is 7.08. The first-order valence-corrected chi connectivity index (χ1v) is 12.5. The Balaban J connectivity index is 1.46. The van der Waals surface area contributed by atoms with Crippen molar-refractivity contribution in [2.45, 2.75) is 32.4 Å². The fourth-order valence-electron chi connectivity index (χ4n) is 4.68. The number of aryl methyl sites for hydroxylation is 2. The van der Waals surface area contributed by atoms with E-state index in [2.05, 4.69) is 75.5 Å². The minimum atomic E-state index is -0.143. The second-order valence-electron chi connectivity index (χ2n) is 9.06. The first kappa shape index (κ1) is 23.8. The molecule has 0 saturated carbocycles. The Morgan fingerprint density at radius 3 is 2.56 bits per heavy atom. The number of nitrogens with one attached hydrogen (secondary N) is 2. The van der Waals surface area contributed by atoms with Crippen molar-refractivity contribution in [2.24, 2.45) is 0 Å². The van der Waals surface area contributed by atoms with Crippen LogP contribution in [0.5, 0.6) is 0 Å². The maximum absolute atomic E-state index is 12.8.